The molecule has 1 amide bonds. The van der Waals surface area contributed by atoms with E-state index in [0.29, 0.717) is 20.8 Å². The average Bonchev–Trinajstić information content (AvgIpc) is 3.31. The van der Waals surface area contributed by atoms with E-state index in [1.54, 1.807) is 24.0 Å². The van der Waals surface area contributed by atoms with Crippen LogP contribution in [0.2, 0.25) is 0 Å². The number of β-lactam (4-membered cyclic amide) rings is 1. The zero-order chi connectivity index (χ0) is 44.6. The van der Waals surface area contributed by atoms with Crippen molar-refractivity contribution >= 4 is 68.7 Å². The van der Waals surface area contributed by atoms with Crippen molar-refractivity contribution in [2.24, 2.45) is 5.92 Å². The number of ether oxygens (including phenoxy) is 3. The second-order valence-corrected chi connectivity index (χ2v) is 20.3. The first-order valence-corrected chi connectivity index (χ1v) is 22.8. The van der Waals surface area contributed by atoms with E-state index in [0.717, 1.165) is 5.56 Å². The molecule has 0 aliphatic carbocycles. The summed E-state index contributed by atoms with van der Waals surface area (Å²) in [5, 5.41) is 25.4. The van der Waals surface area contributed by atoms with Crippen LogP contribution in [-0.2, 0) is 32.2 Å². The van der Waals surface area contributed by atoms with E-state index in [1.165, 1.54) is 36.4 Å². The molecule has 1 aliphatic rings. The molecule has 320 valence electrons. The Kier molecular flexibility index (Phi) is 13.1. The van der Waals surface area contributed by atoms with Gasteiger partial charge in [-0.25, -0.2) is 0 Å². The van der Waals surface area contributed by atoms with Crippen molar-refractivity contribution in [2.75, 3.05) is 6.29 Å². The molecule has 1 fully saturated rings. The number of hydrogen-bond donors (Lipinski definition) is 0. The second-order valence-electron chi connectivity index (χ2n) is 15.0. The minimum absolute atomic E-state index is 0.144. The summed E-state index contributed by atoms with van der Waals surface area (Å²) in [5.74, 6) is -1.39. The van der Waals surface area contributed by atoms with E-state index >= 15 is 9.59 Å². The standard InChI is InChI=1S/C48H42N3O10PS/c1-34(61-47(53)59-31-36-20-14-16-28-41(36)50(55)56)45-43(30-44(63)35-18-6-2-7-19-35)49(46(45)52)33-62(38-22-8-3-9-23-38,39-24-10-4-11-25-39,40-26-12-5-13-27-40)48(54)60-32-37-21-15-17-29-42(37)51(57)58/h2-29,34,43,45H,30-33H2,1H3/t34-,43?,45?/m0/s1. The SMILES string of the molecule is C[C@H](OC(=O)OCc1ccccc1[N+](=O)[O-])C1C(=O)N(CP(C(=O)OCc2ccccc2[N+](=O)[O-])(c2ccccc2)(c2ccccc2)c2ccccc2)C1CC(=S)c1ccccc1. The van der Waals surface area contributed by atoms with Gasteiger partial charge in [0.15, 0.2) is 0 Å². The van der Waals surface area contributed by atoms with Crippen molar-refractivity contribution in [3.05, 3.63) is 207 Å². The van der Waals surface area contributed by atoms with Gasteiger partial charge in [-0.2, -0.15) is 0 Å². The third-order valence-corrected chi connectivity index (χ3v) is 18.1. The van der Waals surface area contributed by atoms with Gasteiger partial charge in [0.05, 0.1) is 0 Å². The van der Waals surface area contributed by atoms with E-state index in [2.05, 4.69) is 0 Å². The van der Waals surface area contributed by atoms with Gasteiger partial charge in [-0.15, -0.1) is 0 Å². The van der Waals surface area contributed by atoms with Crippen LogP contribution in [0.5, 0.6) is 0 Å². The van der Waals surface area contributed by atoms with Gasteiger partial charge in [0, 0.05) is 0 Å². The van der Waals surface area contributed by atoms with Crippen LogP contribution in [0.4, 0.5) is 21.0 Å². The number of amides is 1. The molecular weight excluding hydrogens is 842 g/mol. The normalized spacial score (nSPS) is 15.7. The number of nitro groups is 2. The predicted octanol–water partition coefficient (Wildman–Crippen LogP) is 9.00. The molecule has 1 heterocycles. The van der Waals surface area contributed by atoms with E-state index < -0.39 is 65.5 Å². The summed E-state index contributed by atoms with van der Waals surface area (Å²) in [7, 11) is 0. The summed E-state index contributed by atoms with van der Waals surface area (Å²) < 4.78 is 17.4. The molecule has 6 aromatic carbocycles. The zero-order valence-electron chi connectivity index (χ0n) is 34.0. The van der Waals surface area contributed by atoms with Crippen molar-refractivity contribution in [3.8, 4) is 0 Å². The molecule has 0 radical (unpaired) electrons. The van der Waals surface area contributed by atoms with Gasteiger partial charge >= 0.3 is 354 Å². The fraction of sp³-hybridized carbons (Fsp3) is 0.167. The Bertz CT molecular complexity index is 2560. The summed E-state index contributed by atoms with van der Waals surface area (Å²) in [4.78, 5) is 68.9. The van der Waals surface area contributed by atoms with E-state index in [1.807, 2.05) is 121 Å². The van der Waals surface area contributed by atoms with Crippen LogP contribution in [0.3, 0.4) is 0 Å². The first-order chi connectivity index (χ1) is 30.5. The van der Waals surface area contributed by atoms with Gasteiger partial charge in [0.2, 0.25) is 0 Å². The number of thiocarbonyl (C=S) groups is 1. The van der Waals surface area contributed by atoms with Gasteiger partial charge in [0.1, 0.15) is 0 Å². The Morgan fingerprint density at radius 3 is 1.52 bits per heavy atom. The van der Waals surface area contributed by atoms with Crippen LogP contribution in [0.15, 0.2) is 170 Å². The van der Waals surface area contributed by atoms with Crippen LogP contribution >= 0.6 is 18.8 Å². The number of rotatable bonds is 17. The summed E-state index contributed by atoms with van der Waals surface area (Å²) in [6.07, 6.45) is -2.26. The zero-order valence-corrected chi connectivity index (χ0v) is 35.7. The number of carbonyl (C=O) groups is 3. The molecule has 3 atom stereocenters. The van der Waals surface area contributed by atoms with Crippen LogP contribution < -0.4 is 15.9 Å². The summed E-state index contributed by atoms with van der Waals surface area (Å²) in [5.41, 5.74) is -0.0199. The fourth-order valence-corrected chi connectivity index (χ4v) is 14.7. The molecule has 0 saturated carbocycles. The quantitative estimate of drug-likeness (QED) is 0.0163. The van der Waals surface area contributed by atoms with E-state index in [9.17, 15) is 25.0 Å². The van der Waals surface area contributed by atoms with Gasteiger partial charge in [-0.1, -0.05) is 6.07 Å². The van der Waals surface area contributed by atoms with Gasteiger partial charge in [-0.3, -0.25) is 10.1 Å². The number of benzene rings is 6. The number of nitrogens with zero attached hydrogens (tertiary/aromatic N) is 3. The topological polar surface area (TPSA) is 168 Å². The summed E-state index contributed by atoms with van der Waals surface area (Å²) >= 11 is 6.01. The molecule has 1 saturated heterocycles. The average molecular weight is 884 g/mol. The number of hydrogen-bond acceptors (Lipinski definition) is 11. The van der Waals surface area contributed by atoms with Crippen LogP contribution in [-0.4, -0.2) is 55.8 Å². The molecule has 0 bridgehead atoms. The molecule has 63 heavy (non-hydrogen) atoms. The number of likely N-dealkylation sites (tertiary alicyclic amines) is 1. The molecule has 1 aliphatic heterocycles. The maximum absolute atomic E-state index is 16.0. The summed E-state index contributed by atoms with van der Waals surface area (Å²) in [6.45, 7) is -4.10. The molecular formula is C48H42N3O10PS. The molecule has 2 unspecified atom stereocenters. The Labute approximate surface area is 368 Å². The van der Waals surface area contributed by atoms with Crippen molar-refractivity contribution in [3.63, 3.8) is 0 Å². The van der Waals surface area contributed by atoms with Crippen molar-refractivity contribution in [1.29, 1.82) is 0 Å². The van der Waals surface area contributed by atoms with Gasteiger partial charge < -0.3 is 0 Å². The fourth-order valence-electron chi connectivity index (χ4n) is 8.43. The molecule has 0 spiro atoms. The number of nitro benzene ring substituents is 2. The minimum atomic E-state index is -4.79. The Morgan fingerprint density at radius 2 is 1.06 bits per heavy atom. The predicted molar refractivity (Wildman–Crippen MR) is 244 cm³/mol. The molecule has 15 heteroatoms. The third-order valence-electron chi connectivity index (χ3n) is 11.6. The van der Waals surface area contributed by atoms with Crippen LogP contribution in [0.25, 0.3) is 0 Å². The van der Waals surface area contributed by atoms with Crippen LogP contribution in [0, 0.1) is 26.1 Å². The number of para-hydroxylation sites is 2. The molecule has 6 aromatic rings. The second kappa shape index (κ2) is 18.9. The Hall–Kier alpha value is -7.15. The van der Waals surface area contributed by atoms with Crippen LogP contribution in [0.1, 0.15) is 30.0 Å². The molecule has 7 rings (SSSR count). The van der Waals surface area contributed by atoms with Crippen molar-refractivity contribution in [2.45, 2.75) is 38.7 Å². The third kappa shape index (κ3) is 8.42. The maximum atomic E-state index is 16.0. The Balaban J connectivity index is 1.34. The van der Waals surface area contributed by atoms with E-state index in [4.69, 9.17) is 26.4 Å². The van der Waals surface area contributed by atoms with Gasteiger partial charge in [-0.05, 0) is 0 Å². The number of carbonyl (C=O) groups excluding carboxylic acids is 3. The molecule has 13 nitrogen and oxygen atoms in total. The van der Waals surface area contributed by atoms with E-state index in [-0.39, 0.29) is 35.2 Å². The Morgan fingerprint density at radius 1 is 0.651 bits per heavy atom. The molecule has 0 aromatic heterocycles. The van der Waals surface area contributed by atoms with Crippen molar-refractivity contribution < 1.29 is 38.4 Å². The van der Waals surface area contributed by atoms with Gasteiger partial charge in [0.25, 0.3) is 0 Å². The monoisotopic (exact) mass is 883 g/mol. The summed E-state index contributed by atoms with van der Waals surface area (Å²) in [6, 6.07) is 47.8. The van der Waals surface area contributed by atoms with Crippen molar-refractivity contribution in [1.82, 2.24) is 4.90 Å². The first kappa shape index (κ1) is 43.9. The first-order valence-electron chi connectivity index (χ1n) is 20.0. The molecule has 0 N–H and O–H groups in total.